The zero-order valence-electron chi connectivity index (χ0n) is 16.9. The second-order valence-corrected chi connectivity index (χ2v) is 8.94. The fourth-order valence-electron chi connectivity index (χ4n) is 3.00. The van der Waals surface area contributed by atoms with Crippen molar-refractivity contribution in [2.45, 2.75) is 63.4 Å². The highest BCUT2D eigenvalue weighted by Gasteiger charge is 2.24. The van der Waals surface area contributed by atoms with Crippen molar-refractivity contribution in [3.8, 4) is 0 Å². The van der Waals surface area contributed by atoms with E-state index >= 15 is 0 Å². The molecule has 154 valence electrons. The monoisotopic (exact) mass is 397 g/mol. The van der Waals surface area contributed by atoms with Crippen molar-refractivity contribution in [2.24, 2.45) is 4.99 Å². The van der Waals surface area contributed by atoms with Crippen LogP contribution in [-0.4, -0.2) is 50.5 Å². The van der Waals surface area contributed by atoms with Gasteiger partial charge in [-0.25, -0.2) is 8.42 Å². The first-order valence-corrected chi connectivity index (χ1v) is 11.5. The van der Waals surface area contributed by atoms with Gasteiger partial charge in [-0.2, -0.15) is 0 Å². The fourth-order valence-corrected chi connectivity index (χ4v) is 4.33. The molecule has 0 amide bonds. The summed E-state index contributed by atoms with van der Waals surface area (Å²) in [4.78, 5) is 4.87. The number of nitrogens with one attached hydrogen (secondary N) is 2. The van der Waals surface area contributed by atoms with Crippen molar-refractivity contribution in [3.63, 3.8) is 0 Å². The maximum absolute atomic E-state index is 12.3. The Labute approximate surface area is 164 Å². The van der Waals surface area contributed by atoms with E-state index < -0.39 is 15.4 Å². The van der Waals surface area contributed by atoms with E-state index in [4.69, 9.17) is 0 Å². The lowest BCUT2D eigenvalue weighted by Crippen LogP contribution is -2.40. The number of benzene rings is 1. The minimum Gasteiger partial charge on any atom is -0.388 e. The van der Waals surface area contributed by atoms with Crippen LogP contribution in [0.4, 0.5) is 0 Å². The molecule has 0 saturated carbocycles. The molecule has 0 unspecified atom stereocenters. The Balaban J connectivity index is 2.57. The molecule has 0 heterocycles. The van der Waals surface area contributed by atoms with Crippen molar-refractivity contribution >= 4 is 15.8 Å². The number of hydrogen-bond donors (Lipinski definition) is 3. The van der Waals surface area contributed by atoms with Crippen LogP contribution in [0.25, 0.3) is 0 Å². The van der Waals surface area contributed by atoms with Crippen LogP contribution in [0.2, 0.25) is 0 Å². The summed E-state index contributed by atoms with van der Waals surface area (Å²) in [6.45, 7) is 7.63. The van der Waals surface area contributed by atoms with Gasteiger partial charge in [0.05, 0.1) is 22.8 Å². The van der Waals surface area contributed by atoms with Gasteiger partial charge in [0.25, 0.3) is 0 Å². The molecule has 0 spiro atoms. The number of rotatable bonds is 12. The van der Waals surface area contributed by atoms with E-state index in [-0.39, 0.29) is 5.75 Å². The zero-order chi connectivity index (χ0) is 20.2. The summed E-state index contributed by atoms with van der Waals surface area (Å²) in [5, 5.41) is 17.0. The average molecular weight is 398 g/mol. The van der Waals surface area contributed by atoms with Gasteiger partial charge < -0.3 is 15.7 Å². The summed E-state index contributed by atoms with van der Waals surface area (Å²) in [6.07, 6.45) is 3.74. The van der Waals surface area contributed by atoms with Gasteiger partial charge in [-0.3, -0.25) is 4.99 Å². The number of aliphatic hydroxyl groups is 1. The molecule has 6 nitrogen and oxygen atoms in total. The van der Waals surface area contributed by atoms with Crippen LogP contribution in [0.3, 0.4) is 0 Å². The van der Waals surface area contributed by atoms with Crippen molar-refractivity contribution in [2.75, 3.05) is 25.4 Å². The van der Waals surface area contributed by atoms with E-state index in [2.05, 4.69) is 29.5 Å². The van der Waals surface area contributed by atoms with E-state index in [1.807, 2.05) is 6.92 Å². The predicted octanol–water partition coefficient (Wildman–Crippen LogP) is 2.74. The van der Waals surface area contributed by atoms with Gasteiger partial charge in [0.15, 0.2) is 15.8 Å². The van der Waals surface area contributed by atoms with E-state index in [9.17, 15) is 13.5 Å². The molecule has 1 aromatic carbocycles. The van der Waals surface area contributed by atoms with Crippen LogP contribution in [0.5, 0.6) is 0 Å². The number of guanidine groups is 1. The normalized spacial score (nSPS) is 12.8. The molecule has 0 fully saturated rings. The summed E-state index contributed by atoms with van der Waals surface area (Å²) in [5.74, 6) is 0.694. The second kappa shape index (κ2) is 12.0. The van der Waals surface area contributed by atoms with Crippen LogP contribution >= 0.6 is 0 Å². The van der Waals surface area contributed by atoms with Crippen LogP contribution in [0.15, 0.2) is 40.2 Å². The quantitative estimate of drug-likeness (QED) is 0.287. The molecule has 0 saturated heterocycles. The minimum atomic E-state index is -3.26. The van der Waals surface area contributed by atoms with Gasteiger partial charge in [-0.05, 0) is 38.3 Å². The predicted molar refractivity (Wildman–Crippen MR) is 112 cm³/mol. The van der Waals surface area contributed by atoms with Gasteiger partial charge in [0, 0.05) is 13.1 Å². The highest BCUT2D eigenvalue weighted by Crippen LogP contribution is 2.19. The third-order valence-corrected chi connectivity index (χ3v) is 6.11. The first-order chi connectivity index (χ1) is 12.9. The van der Waals surface area contributed by atoms with Gasteiger partial charge in [-0.15, -0.1) is 0 Å². The molecule has 1 aromatic rings. The SMILES string of the molecule is CCCC(O)(CCC)CN=C(NCC)NCCCS(=O)(=O)c1ccccc1. The molecule has 3 N–H and O–H groups in total. The summed E-state index contributed by atoms with van der Waals surface area (Å²) >= 11 is 0. The second-order valence-electron chi connectivity index (χ2n) is 6.83. The zero-order valence-corrected chi connectivity index (χ0v) is 17.7. The van der Waals surface area contributed by atoms with Gasteiger partial charge in [0.1, 0.15) is 0 Å². The van der Waals surface area contributed by atoms with Crippen molar-refractivity contribution in [1.29, 1.82) is 0 Å². The lowest BCUT2D eigenvalue weighted by atomic mass is 9.93. The summed E-state index contributed by atoms with van der Waals surface area (Å²) in [5.41, 5.74) is -0.775. The largest absolute Gasteiger partial charge is 0.388 e. The summed E-state index contributed by atoms with van der Waals surface area (Å²) in [6, 6.07) is 8.51. The molecule has 0 aliphatic carbocycles. The Kier molecular flexibility index (Phi) is 10.4. The molecular weight excluding hydrogens is 362 g/mol. The smallest absolute Gasteiger partial charge is 0.191 e. The topological polar surface area (TPSA) is 90.8 Å². The first-order valence-electron chi connectivity index (χ1n) is 9.89. The molecule has 0 aliphatic heterocycles. The minimum absolute atomic E-state index is 0.0824. The van der Waals surface area contributed by atoms with Crippen LogP contribution in [0, 0.1) is 0 Å². The van der Waals surface area contributed by atoms with Crippen LogP contribution in [0.1, 0.15) is 52.9 Å². The van der Waals surface area contributed by atoms with Crippen molar-refractivity contribution in [1.82, 2.24) is 10.6 Å². The number of aliphatic imine (C=N–C) groups is 1. The lowest BCUT2D eigenvalue weighted by Gasteiger charge is -2.26. The van der Waals surface area contributed by atoms with Crippen molar-refractivity contribution in [3.05, 3.63) is 30.3 Å². The maximum Gasteiger partial charge on any atom is 0.191 e. The van der Waals surface area contributed by atoms with Gasteiger partial charge >= 0.3 is 0 Å². The molecular formula is C20H35N3O3S. The molecule has 27 heavy (non-hydrogen) atoms. The van der Waals surface area contributed by atoms with E-state index in [0.29, 0.717) is 36.9 Å². The molecule has 0 aromatic heterocycles. The van der Waals surface area contributed by atoms with E-state index in [1.54, 1.807) is 30.3 Å². The summed E-state index contributed by atoms with van der Waals surface area (Å²) < 4.78 is 24.6. The van der Waals surface area contributed by atoms with Crippen molar-refractivity contribution < 1.29 is 13.5 Å². The number of nitrogens with zero attached hydrogens (tertiary/aromatic N) is 1. The highest BCUT2D eigenvalue weighted by atomic mass is 32.2. The molecule has 1 rings (SSSR count). The Hall–Kier alpha value is -1.60. The van der Waals surface area contributed by atoms with E-state index in [1.165, 1.54) is 0 Å². The Morgan fingerprint density at radius 3 is 2.26 bits per heavy atom. The Morgan fingerprint density at radius 2 is 1.70 bits per heavy atom. The molecule has 0 radical (unpaired) electrons. The summed E-state index contributed by atoms with van der Waals surface area (Å²) in [7, 11) is -3.26. The first kappa shape index (κ1) is 23.4. The number of sulfone groups is 1. The molecule has 0 bridgehead atoms. The fraction of sp³-hybridized carbons (Fsp3) is 0.650. The lowest BCUT2D eigenvalue weighted by molar-refractivity contribution is 0.0306. The third-order valence-electron chi connectivity index (χ3n) is 4.29. The number of hydrogen-bond acceptors (Lipinski definition) is 4. The molecule has 0 atom stereocenters. The standard InChI is InChI=1S/C20H35N3O3S/c1-4-13-20(24,14-5-2)17-23-19(21-6-3)22-15-10-16-27(25,26)18-11-8-7-9-12-18/h7-9,11-12,24H,4-6,10,13-17H2,1-3H3,(H2,21,22,23). The average Bonchev–Trinajstić information content (AvgIpc) is 2.64. The third kappa shape index (κ3) is 8.75. The Bertz CT molecular complexity index is 654. The van der Waals surface area contributed by atoms with Crippen LogP contribution in [-0.2, 0) is 9.84 Å². The Morgan fingerprint density at radius 1 is 1.07 bits per heavy atom. The van der Waals surface area contributed by atoms with Gasteiger partial charge in [-0.1, -0.05) is 44.9 Å². The van der Waals surface area contributed by atoms with E-state index in [0.717, 1.165) is 25.7 Å². The molecule has 7 heteroatoms. The van der Waals surface area contributed by atoms with Gasteiger partial charge in [0.2, 0.25) is 0 Å². The highest BCUT2D eigenvalue weighted by molar-refractivity contribution is 7.91. The van der Waals surface area contributed by atoms with Crippen LogP contribution < -0.4 is 10.6 Å². The molecule has 0 aliphatic rings. The maximum atomic E-state index is 12.3.